The summed E-state index contributed by atoms with van der Waals surface area (Å²) in [5.74, 6) is 0.0510. The monoisotopic (exact) mass is 285 g/mol. The third-order valence-electron chi connectivity index (χ3n) is 3.16. The van der Waals surface area contributed by atoms with Crippen LogP contribution in [0.4, 0.5) is 0 Å². The molecule has 0 saturated carbocycles. The molecule has 0 saturated heterocycles. The van der Waals surface area contributed by atoms with Crippen LogP contribution < -0.4 is 0 Å². The fourth-order valence-corrected chi connectivity index (χ4v) is 3.23. The molecule has 0 fully saturated rings. The maximum absolute atomic E-state index is 12.4. The summed E-state index contributed by atoms with van der Waals surface area (Å²) < 4.78 is 2.89. The first kappa shape index (κ1) is 12.9. The predicted molar refractivity (Wildman–Crippen MR) is 80.8 cm³/mol. The summed E-state index contributed by atoms with van der Waals surface area (Å²) in [7, 11) is 3.69. The van der Waals surface area contributed by atoms with E-state index in [1.54, 1.807) is 15.8 Å². The molecule has 1 aromatic carbocycles. The smallest absolute Gasteiger partial charge is 0.264 e. The molecule has 102 valence electrons. The second-order valence-corrected chi connectivity index (χ2v) is 5.92. The van der Waals surface area contributed by atoms with Crippen molar-refractivity contribution in [2.45, 2.75) is 6.54 Å². The van der Waals surface area contributed by atoms with Crippen LogP contribution in [-0.4, -0.2) is 27.6 Å². The zero-order chi connectivity index (χ0) is 14.1. The molecule has 0 bridgehead atoms. The van der Waals surface area contributed by atoms with E-state index in [0.29, 0.717) is 6.54 Å². The molecule has 2 aromatic heterocycles. The average Bonchev–Trinajstić information content (AvgIpc) is 3.03. The fourth-order valence-electron chi connectivity index (χ4n) is 2.17. The van der Waals surface area contributed by atoms with E-state index in [9.17, 15) is 4.79 Å². The summed E-state index contributed by atoms with van der Waals surface area (Å²) in [6.45, 7) is 0.570. The average molecular weight is 285 g/mol. The highest BCUT2D eigenvalue weighted by molar-refractivity contribution is 7.20. The largest absolute Gasteiger partial charge is 0.337 e. The molecule has 0 radical (unpaired) electrons. The Kier molecular flexibility index (Phi) is 3.28. The number of hydrogen-bond acceptors (Lipinski definition) is 3. The second-order valence-electron chi connectivity index (χ2n) is 4.83. The molecule has 3 rings (SSSR count). The fraction of sp³-hybridized carbons (Fsp3) is 0.200. The lowest BCUT2D eigenvalue weighted by Crippen LogP contribution is -2.25. The number of carbonyl (C=O) groups excluding carboxylic acids is 1. The number of benzene rings is 1. The van der Waals surface area contributed by atoms with Gasteiger partial charge in [-0.25, -0.2) is 0 Å². The van der Waals surface area contributed by atoms with Crippen molar-refractivity contribution >= 4 is 27.3 Å². The van der Waals surface area contributed by atoms with E-state index in [0.717, 1.165) is 20.5 Å². The van der Waals surface area contributed by atoms with Crippen molar-refractivity contribution in [1.29, 1.82) is 0 Å². The Morgan fingerprint density at radius 2 is 2.20 bits per heavy atom. The standard InChI is InChI=1S/C15H15N3OS/c1-17(9-11-8-16-18(2)10-11)15(19)14-7-12-5-3-4-6-13(12)20-14/h3-8,10H,9H2,1-2H3. The molecule has 20 heavy (non-hydrogen) atoms. The first-order chi connectivity index (χ1) is 9.63. The lowest BCUT2D eigenvalue weighted by Gasteiger charge is -2.14. The van der Waals surface area contributed by atoms with E-state index in [2.05, 4.69) is 5.10 Å². The molecule has 0 aliphatic heterocycles. The Morgan fingerprint density at radius 1 is 1.40 bits per heavy atom. The highest BCUT2D eigenvalue weighted by Crippen LogP contribution is 2.26. The first-order valence-corrected chi connectivity index (χ1v) is 7.17. The number of aromatic nitrogens is 2. The van der Waals surface area contributed by atoms with Gasteiger partial charge >= 0.3 is 0 Å². The SMILES string of the molecule is CN(Cc1cnn(C)c1)C(=O)c1cc2ccccc2s1. The number of rotatable bonds is 3. The lowest BCUT2D eigenvalue weighted by atomic mass is 10.2. The number of carbonyl (C=O) groups is 1. The molecule has 1 amide bonds. The van der Waals surface area contributed by atoms with E-state index in [1.807, 2.05) is 50.6 Å². The van der Waals surface area contributed by atoms with Gasteiger partial charge in [0.25, 0.3) is 5.91 Å². The van der Waals surface area contributed by atoms with Crippen LogP contribution in [0.3, 0.4) is 0 Å². The van der Waals surface area contributed by atoms with Crippen molar-refractivity contribution in [3.63, 3.8) is 0 Å². The van der Waals surface area contributed by atoms with Gasteiger partial charge in [0, 0.05) is 37.1 Å². The third-order valence-corrected chi connectivity index (χ3v) is 4.27. The van der Waals surface area contributed by atoms with Crippen LogP contribution in [0.25, 0.3) is 10.1 Å². The molecule has 0 aliphatic rings. The molecule has 5 heteroatoms. The van der Waals surface area contributed by atoms with Crippen molar-refractivity contribution in [2.75, 3.05) is 7.05 Å². The normalized spacial score (nSPS) is 10.9. The van der Waals surface area contributed by atoms with Crippen molar-refractivity contribution in [3.8, 4) is 0 Å². The Bertz CT molecular complexity index is 726. The quantitative estimate of drug-likeness (QED) is 0.742. The van der Waals surface area contributed by atoms with Gasteiger partial charge in [-0.15, -0.1) is 11.3 Å². The Hall–Kier alpha value is -2.14. The van der Waals surface area contributed by atoms with Gasteiger partial charge in [-0.05, 0) is 17.5 Å². The number of fused-ring (bicyclic) bond motifs is 1. The van der Waals surface area contributed by atoms with E-state index in [-0.39, 0.29) is 5.91 Å². The van der Waals surface area contributed by atoms with Crippen LogP contribution in [0, 0.1) is 0 Å². The van der Waals surface area contributed by atoms with Crippen molar-refractivity contribution in [1.82, 2.24) is 14.7 Å². The van der Waals surface area contributed by atoms with Crippen LogP contribution in [0.1, 0.15) is 15.2 Å². The molecule has 2 heterocycles. The topological polar surface area (TPSA) is 38.1 Å². The molecular weight excluding hydrogens is 270 g/mol. The number of aryl methyl sites for hydroxylation is 1. The van der Waals surface area contributed by atoms with E-state index in [1.165, 1.54) is 11.3 Å². The highest BCUT2D eigenvalue weighted by atomic mass is 32.1. The third kappa shape index (κ3) is 2.44. The molecule has 4 nitrogen and oxygen atoms in total. The van der Waals surface area contributed by atoms with Gasteiger partial charge in [-0.1, -0.05) is 18.2 Å². The Balaban J connectivity index is 1.80. The van der Waals surface area contributed by atoms with Gasteiger partial charge in [-0.2, -0.15) is 5.10 Å². The maximum atomic E-state index is 12.4. The van der Waals surface area contributed by atoms with Crippen LogP contribution in [-0.2, 0) is 13.6 Å². The van der Waals surface area contributed by atoms with Crippen molar-refractivity contribution in [2.24, 2.45) is 7.05 Å². The first-order valence-electron chi connectivity index (χ1n) is 6.35. The minimum atomic E-state index is 0.0510. The molecule has 0 spiro atoms. The summed E-state index contributed by atoms with van der Waals surface area (Å²) in [5.41, 5.74) is 1.03. The van der Waals surface area contributed by atoms with Gasteiger partial charge in [0.15, 0.2) is 0 Å². The van der Waals surface area contributed by atoms with Crippen molar-refractivity contribution in [3.05, 3.63) is 53.2 Å². The number of nitrogens with zero attached hydrogens (tertiary/aromatic N) is 3. The van der Waals surface area contributed by atoms with Crippen molar-refractivity contribution < 1.29 is 4.79 Å². The highest BCUT2D eigenvalue weighted by Gasteiger charge is 2.15. The van der Waals surface area contributed by atoms with Crippen LogP contribution in [0.2, 0.25) is 0 Å². The van der Waals surface area contributed by atoms with Gasteiger partial charge in [0.1, 0.15) is 0 Å². The molecule has 0 aliphatic carbocycles. The molecule has 0 unspecified atom stereocenters. The summed E-state index contributed by atoms with van der Waals surface area (Å²) in [6, 6.07) is 10.0. The lowest BCUT2D eigenvalue weighted by molar-refractivity contribution is 0.0790. The van der Waals surface area contributed by atoms with Gasteiger partial charge in [-0.3, -0.25) is 9.48 Å². The predicted octanol–water partition coefficient (Wildman–Crippen LogP) is 2.91. The van der Waals surface area contributed by atoms with Crippen LogP contribution in [0.15, 0.2) is 42.7 Å². The molecule has 3 aromatic rings. The zero-order valence-electron chi connectivity index (χ0n) is 11.4. The molecule has 0 atom stereocenters. The van der Waals surface area contributed by atoms with Crippen LogP contribution >= 0.6 is 11.3 Å². The minimum absolute atomic E-state index is 0.0510. The van der Waals surface area contributed by atoms with Gasteiger partial charge < -0.3 is 4.90 Å². The van der Waals surface area contributed by atoms with E-state index < -0.39 is 0 Å². The summed E-state index contributed by atoms with van der Waals surface area (Å²) in [6.07, 6.45) is 3.71. The summed E-state index contributed by atoms with van der Waals surface area (Å²) in [5, 5.41) is 5.24. The Morgan fingerprint density at radius 3 is 2.90 bits per heavy atom. The van der Waals surface area contributed by atoms with Crippen LogP contribution in [0.5, 0.6) is 0 Å². The second kappa shape index (κ2) is 5.09. The minimum Gasteiger partial charge on any atom is -0.337 e. The maximum Gasteiger partial charge on any atom is 0.264 e. The van der Waals surface area contributed by atoms with E-state index in [4.69, 9.17) is 0 Å². The summed E-state index contributed by atoms with van der Waals surface area (Å²) in [4.78, 5) is 14.9. The number of hydrogen-bond donors (Lipinski definition) is 0. The Labute approximate surface area is 121 Å². The molecular formula is C15H15N3OS. The summed E-state index contributed by atoms with van der Waals surface area (Å²) >= 11 is 1.54. The van der Waals surface area contributed by atoms with E-state index >= 15 is 0 Å². The van der Waals surface area contributed by atoms with Gasteiger partial charge in [0.2, 0.25) is 0 Å². The number of thiophene rings is 1. The van der Waals surface area contributed by atoms with Gasteiger partial charge in [0.05, 0.1) is 11.1 Å². The zero-order valence-corrected chi connectivity index (χ0v) is 12.2. The number of amides is 1. The molecule has 0 N–H and O–H groups in total.